The normalized spacial score (nSPS) is 26.3. The molecule has 15 heavy (non-hydrogen) atoms. The number of aryl methyl sites for hydroxylation is 1. The van der Waals surface area contributed by atoms with Gasteiger partial charge in [0, 0.05) is 25.0 Å². The lowest BCUT2D eigenvalue weighted by atomic mass is 9.97. The Morgan fingerprint density at radius 2 is 2.33 bits per heavy atom. The van der Waals surface area contributed by atoms with Gasteiger partial charge in [-0.2, -0.15) is 0 Å². The van der Waals surface area contributed by atoms with Crippen molar-refractivity contribution in [1.82, 2.24) is 4.98 Å². The van der Waals surface area contributed by atoms with E-state index in [-0.39, 0.29) is 0 Å². The number of hydrogen-bond donors (Lipinski definition) is 1. The molecule has 1 aliphatic rings. The molecule has 2 atom stereocenters. The van der Waals surface area contributed by atoms with E-state index in [0.717, 1.165) is 25.3 Å². The average molecular weight is 206 g/mol. The fourth-order valence-corrected chi connectivity index (χ4v) is 1.94. The van der Waals surface area contributed by atoms with Crippen LogP contribution in [0.3, 0.4) is 0 Å². The van der Waals surface area contributed by atoms with Crippen molar-refractivity contribution in [2.45, 2.75) is 26.3 Å². The summed E-state index contributed by atoms with van der Waals surface area (Å²) in [7, 11) is 0. The second-order valence-electron chi connectivity index (χ2n) is 4.34. The summed E-state index contributed by atoms with van der Waals surface area (Å²) in [5.74, 6) is 0.569. The number of ether oxygens (including phenoxy) is 1. The van der Waals surface area contributed by atoms with Crippen LogP contribution in [0.25, 0.3) is 0 Å². The summed E-state index contributed by atoms with van der Waals surface area (Å²) in [5.41, 5.74) is 2.31. The predicted molar refractivity (Wildman–Crippen MR) is 61.0 cm³/mol. The van der Waals surface area contributed by atoms with Crippen LogP contribution >= 0.6 is 0 Å². The van der Waals surface area contributed by atoms with E-state index in [1.807, 2.05) is 12.4 Å². The number of aromatic nitrogens is 1. The molecule has 82 valence electrons. The van der Waals surface area contributed by atoms with Crippen molar-refractivity contribution < 1.29 is 4.74 Å². The lowest BCUT2D eigenvalue weighted by Crippen LogP contribution is -2.35. The van der Waals surface area contributed by atoms with E-state index < -0.39 is 0 Å². The molecule has 2 rings (SSSR count). The van der Waals surface area contributed by atoms with Crippen molar-refractivity contribution in [2.24, 2.45) is 5.92 Å². The number of nitrogens with one attached hydrogen (secondary N) is 1. The van der Waals surface area contributed by atoms with E-state index >= 15 is 0 Å². The molecule has 0 spiro atoms. The summed E-state index contributed by atoms with van der Waals surface area (Å²) in [4.78, 5) is 4.18. The van der Waals surface area contributed by atoms with Crippen molar-refractivity contribution in [3.05, 3.63) is 24.0 Å². The second kappa shape index (κ2) is 4.62. The van der Waals surface area contributed by atoms with Gasteiger partial charge in [0.25, 0.3) is 0 Å². The van der Waals surface area contributed by atoms with Gasteiger partial charge in [0.15, 0.2) is 0 Å². The molecule has 1 aromatic rings. The van der Waals surface area contributed by atoms with Crippen LogP contribution < -0.4 is 5.32 Å². The van der Waals surface area contributed by atoms with Gasteiger partial charge in [-0.05, 0) is 30.9 Å². The second-order valence-corrected chi connectivity index (χ2v) is 4.34. The van der Waals surface area contributed by atoms with Crippen LogP contribution in [0.5, 0.6) is 0 Å². The third-order valence-electron chi connectivity index (χ3n) is 2.87. The molecular formula is C12H18N2O. The molecule has 1 aromatic heterocycles. The van der Waals surface area contributed by atoms with Crippen LogP contribution in [0.1, 0.15) is 18.9 Å². The third-order valence-corrected chi connectivity index (χ3v) is 2.87. The van der Waals surface area contributed by atoms with Crippen molar-refractivity contribution >= 4 is 5.69 Å². The fraction of sp³-hybridized carbons (Fsp3) is 0.583. The predicted octanol–water partition coefficient (Wildman–Crippen LogP) is 2.23. The Labute approximate surface area is 90.9 Å². The SMILES string of the molecule is Cc1cncc(NC2CCOC[C@H]2C)c1. The Kier molecular flexibility index (Phi) is 3.21. The zero-order valence-corrected chi connectivity index (χ0v) is 9.36. The van der Waals surface area contributed by atoms with Gasteiger partial charge in [-0.25, -0.2) is 0 Å². The van der Waals surface area contributed by atoms with E-state index in [1.54, 1.807) is 0 Å². The van der Waals surface area contributed by atoms with Crippen LogP contribution in [-0.2, 0) is 4.74 Å². The van der Waals surface area contributed by atoms with E-state index in [4.69, 9.17) is 4.74 Å². The van der Waals surface area contributed by atoms with Crippen LogP contribution in [0, 0.1) is 12.8 Å². The largest absolute Gasteiger partial charge is 0.381 e. The molecule has 0 bridgehead atoms. The van der Waals surface area contributed by atoms with E-state index in [9.17, 15) is 0 Å². The molecule has 0 amide bonds. The first-order chi connectivity index (χ1) is 7.25. The molecule has 0 saturated carbocycles. The summed E-state index contributed by atoms with van der Waals surface area (Å²) in [6.45, 7) is 6.00. The molecule has 3 heteroatoms. The van der Waals surface area contributed by atoms with Crippen LogP contribution in [0.2, 0.25) is 0 Å². The maximum atomic E-state index is 5.42. The summed E-state index contributed by atoms with van der Waals surface area (Å²) in [6.07, 6.45) is 4.84. The van der Waals surface area contributed by atoms with Crippen molar-refractivity contribution in [3.8, 4) is 0 Å². The van der Waals surface area contributed by atoms with Crippen molar-refractivity contribution in [1.29, 1.82) is 0 Å². The molecule has 0 aliphatic carbocycles. The number of hydrogen-bond acceptors (Lipinski definition) is 3. The van der Waals surface area contributed by atoms with Gasteiger partial charge in [0.05, 0.1) is 12.3 Å². The number of rotatable bonds is 2. The van der Waals surface area contributed by atoms with Gasteiger partial charge in [0.1, 0.15) is 0 Å². The summed E-state index contributed by atoms with van der Waals surface area (Å²) < 4.78 is 5.42. The standard InChI is InChI=1S/C12H18N2O/c1-9-5-11(7-13-6-9)14-12-3-4-15-8-10(12)2/h5-7,10,12,14H,3-4,8H2,1-2H3/t10-,12?/m1/s1. The zero-order chi connectivity index (χ0) is 10.7. The maximum absolute atomic E-state index is 5.42. The van der Waals surface area contributed by atoms with Gasteiger partial charge in [-0.3, -0.25) is 4.98 Å². The Hall–Kier alpha value is -1.09. The Morgan fingerprint density at radius 3 is 3.07 bits per heavy atom. The highest BCUT2D eigenvalue weighted by molar-refractivity contribution is 5.43. The quantitative estimate of drug-likeness (QED) is 0.805. The highest BCUT2D eigenvalue weighted by atomic mass is 16.5. The minimum Gasteiger partial charge on any atom is -0.381 e. The molecule has 1 unspecified atom stereocenters. The highest BCUT2D eigenvalue weighted by Gasteiger charge is 2.21. The topological polar surface area (TPSA) is 34.2 Å². The molecule has 2 heterocycles. The molecule has 3 nitrogen and oxygen atoms in total. The fourth-order valence-electron chi connectivity index (χ4n) is 1.94. The first-order valence-electron chi connectivity index (χ1n) is 5.51. The summed E-state index contributed by atoms with van der Waals surface area (Å²) in [6, 6.07) is 2.65. The van der Waals surface area contributed by atoms with E-state index in [2.05, 4.69) is 30.2 Å². The molecular weight excluding hydrogens is 188 g/mol. The van der Waals surface area contributed by atoms with Gasteiger partial charge < -0.3 is 10.1 Å². The molecule has 0 radical (unpaired) electrons. The van der Waals surface area contributed by atoms with Crippen LogP contribution in [0.4, 0.5) is 5.69 Å². The number of anilines is 1. The van der Waals surface area contributed by atoms with Crippen LogP contribution in [-0.4, -0.2) is 24.2 Å². The van der Waals surface area contributed by atoms with Gasteiger partial charge in [-0.1, -0.05) is 6.92 Å². The maximum Gasteiger partial charge on any atom is 0.0531 e. The monoisotopic (exact) mass is 206 g/mol. The van der Waals surface area contributed by atoms with Gasteiger partial charge in [-0.15, -0.1) is 0 Å². The molecule has 1 N–H and O–H groups in total. The van der Waals surface area contributed by atoms with E-state index in [1.165, 1.54) is 5.56 Å². The lowest BCUT2D eigenvalue weighted by Gasteiger charge is -2.30. The first kappa shape index (κ1) is 10.4. The van der Waals surface area contributed by atoms with Gasteiger partial charge in [0.2, 0.25) is 0 Å². The molecule has 1 aliphatic heterocycles. The lowest BCUT2D eigenvalue weighted by molar-refractivity contribution is 0.0537. The molecule has 1 saturated heterocycles. The van der Waals surface area contributed by atoms with Crippen LogP contribution in [0.15, 0.2) is 18.5 Å². The summed E-state index contributed by atoms with van der Waals surface area (Å²) in [5, 5.41) is 3.53. The average Bonchev–Trinajstić information content (AvgIpc) is 2.22. The minimum atomic E-state index is 0.516. The molecule has 1 fully saturated rings. The highest BCUT2D eigenvalue weighted by Crippen LogP contribution is 2.19. The minimum absolute atomic E-state index is 0.516. The third kappa shape index (κ3) is 2.69. The van der Waals surface area contributed by atoms with E-state index in [0.29, 0.717) is 12.0 Å². The number of nitrogens with zero attached hydrogens (tertiary/aromatic N) is 1. The van der Waals surface area contributed by atoms with Gasteiger partial charge >= 0.3 is 0 Å². The Balaban J connectivity index is 2.01. The smallest absolute Gasteiger partial charge is 0.0531 e. The number of pyridine rings is 1. The summed E-state index contributed by atoms with van der Waals surface area (Å²) >= 11 is 0. The Morgan fingerprint density at radius 1 is 1.47 bits per heavy atom. The first-order valence-corrected chi connectivity index (χ1v) is 5.51. The zero-order valence-electron chi connectivity index (χ0n) is 9.36. The Bertz CT molecular complexity index is 327. The molecule has 0 aromatic carbocycles. The van der Waals surface area contributed by atoms with Crippen molar-refractivity contribution in [2.75, 3.05) is 18.5 Å². The van der Waals surface area contributed by atoms with Crippen molar-refractivity contribution in [3.63, 3.8) is 0 Å².